The predicted octanol–water partition coefficient (Wildman–Crippen LogP) is 4.53. The molecule has 7 heteroatoms. The van der Waals surface area contributed by atoms with E-state index in [0.29, 0.717) is 11.0 Å². The Morgan fingerprint density at radius 2 is 1.82 bits per heavy atom. The van der Waals surface area contributed by atoms with Gasteiger partial charge in [-0.05, 0) is 43.5 Å². The van der Waals surface area contributed by atoms with Gasteiger partial charge in [-0.25, -0.2) is 9.37 Å². The summed E-state index contributed by atoms with van der Waals surface area (Å²) >= 11 is 1.29. The molecule has 1 heterocycles. The fourth-order valence-corrected chi connectivity index (χ4v) is 3.44. The van der Waals surface area contributed by atoms with E-state index in [-0.39, 0.29) is 23.0 Å². The lowest BCUT2D eigenvalue weighted by Crippen LogP contribution is -2.33. The molecular formula is C21H23FN4OS. The first-order valence-corrected chi connectivity index (χ1v) is 10.1. The summed E-state index contributed by atoms with van der Waals surface area (Å²) in [5.74, 6) is 0.258. The molecule has 1 aromatic heterocycles. The van der Waals surface area contributed by atoms with Crippen LogP contribution in [0, 0.1) is 5.82 Å². The number of aromatic amines is 1. The third kappa shape index (κ3) is 4.98. The van der Waals surface area contributed by atoms with Crippen molar-refractivity contribution in [3.63, 3.8) is 0 Å². The fraction of sp³-hybridized carbons (Fsp3) is 0.286. The minimum Gasteiger partial charge on any atom is -0.349 e. The van der Waals surface area contributed by atoms with Gasteiger partial charge in [0.25, 0.3) is 0 Å². The number of aromatic nitrogens is 3. The van der Waals surface area contributed by atoms with E-state index in [9.17, 15) is 9.18 Å². The van der Waals surface area contributed by atoms with Crippen LogP contribution >= 0.6 is 11.8 Å². The van der Waals surface area contributed by atoms with E-state index < -0.39 is 0 Å². The van der Waals surface area contributed by atoms with E-state index >= 15 is 0 Å². The van der Waals surface area contributed by atoms with E-state index in [1.54, 1.807) is 12.1 Å². The van der Waals surface area contributed by atoms with Crippen LogP contribution in [0.3, 0.4) is 0 Å². The molecule has 0 aliphatic carbocycles. The second kappa shape index (κ2) is 9.01. The highest BCUT2D eigenvalue weighted by atomic mass is 32.2. The summed E-state index contributed by atoms with van der Waals surface area (Å²) in [5, 5.41) is 10.2. The minimum absolute atomic E-state index is 0.125. The Morgan fingerprint density at radius 1 is 1.14 bits per heavy atom. The lowest BCUT2D eigenvalue weighted by Gasteiger charge is -2.17. The number of rotatable bonds is 7. The van der Waals surface area contributed by atoms with Crippen LogP contribution in [0.25, 0.3) is 11.4 Å². The average molecular weight is 399 g/mol. The summed E-state index contributed by atoms with van der Waals surface area (Å²) in [5.41, 5.74) is 3.07. The number of nitrogens with one attached hydrogen (secondary N) is 2. The summed E-state index contributed by atoms with van der Waals surface area (Å²) in [6.45, 7) is 5.79. The lowest BCUT2D eigenvalue weighted by molar-refractivity contribution is -0.120. The molecular weight excluding hydrogens is 375 g/mol. The topological polar surface area (TPSA) is 70.7 Å². The molecule has 2 atom stereocenters. The maximum atomic E-state index is 13.0. The molecule has 0 bridgehead atoms. The molecule has 0 aliphatic heterocycles. The molecule has 3 aromatic rings. The number of carbonyl (C=O) groups is 1. The first-order chi connectivity index (χ1) is 13.5. The number of H-pyrrole nitrogens is 1. The average Bonchev–Trinajstić information content (AvgIpc) is 3.17. The first-order valence-electron chi connectivity index (χ1n) is 9.20. The number of hydrogen-bond donors (Lipinski definition) is 2. The third-order valence-corrected chi connectivity index (χ3v) is 5.44. The number of nitrogens with zero attached hydrogens (tertiary/aromatic N) is 2. The van der Waals surface area contributed by atoms with Crippen LogP contribution in [0.15, 0.2) is 53.7 Å². The van der Waals surface area contributed by atoms with Crippen molar-refractivity contribution in [3.8, 4) is 11.4 Å². The summed E-state index contributed by atoms with van der Waals surface area (Å²) in [4.78, 5) is 17.0. The Balaban J connectivity index is 1.59. The predicted molar refractivity (Wildman–Crippen MR) is 109 cm³/mol. The normalized spacial score (nSPS) is 13.1. The zero-order valence-electron chi connectivity index (χ0n) is 16.1. The highest BCUT2D eigenvalue weighted by molar-refractivity contribution is 8.00. The van der Waals surface area contributed by atoms with Crippen LogP contribution in [0.5, 0.6) is 0 Å². The lowest BCUT2D eigenvalue weighted by atomic mass is 10.1. The molecule has 2 N–H and O–H groups in total. The first kappa shape index (κ1) is 20.1. The van der Waals surface area contributed by atoms with Crippen LogP contribution in [-0.4, -0.2) is 26.3 Å². The largest absolute Gasteiger partial charge is 0.349 e. The van der Waals surface area contributed by atoms with E-state index in [0.717, 1.165) is 17.5 Å². The van der Waals surface area contributed by atoms with Crippen molar-refractivity contribution in [2.24, 2.45) is 0 Å². The molecule has 0 unspecified atom stereocenters. The van der Waals surface area contributed by atoms with E-state index in [2.05, 4.69) is 39.6 Å². The van der Waals surface area contributed by atoms with Gasteiger partial charge in [-0.3, -0.25) is 9.89 Å². The van der Waals surface area contributed by atoms with Gasteiger partial charge in [0, 0.05) is 5.56 Å². The third-order valence-electron chi connectivity index (χ3n) is 4.48. The molecule has 0 saturated carbocycles. The number of benzene rings is 2. The molecule has 0 aliphatic rings. The van der Waals surface area contributed by atoms with Gasteiger partial charge >= 0.3 is 0 Å². The zero-order valence-corrected chi connectivity index (χ0v) is 16.9. The summed E-state index contributed by atoms with van der Waals surface area (Å²) < 4.78 is 13.0. The van der Waals surface area contributed by atoms with E-state index in [1.807, 2.05) is 26.0 Å². The number of amides is 1. The highest BCUT2D eigenvalue weighted by Gasteiger charge is 2.19. The highest BCUT2D eigenvalue weighted by Crippen LogP contribution is 2.24. The number of thioether (sulfide) groups is 1. The Morgan fingerprint density at radius 3 is 2.46 bits per heavy atom. The van der Waals surface area contributed by atoms with Crippen LogP contribution in [0.2, 0.25) is 0 Å². The molecule has 146 valence electrons. The van der Waals surface area contributed by atoms with Crippen molar-refractivity contribution in [2.75, 3.05) is 0 Å². The molecule has 0 spiro atoms. The van der Waals surface area contributed by atoms with Gasteiger partial charge in [0.15, 0.2) is 5.82 Å². The van der Waals surface area contributed by atoms with Gasteiger partial charge in [0.05, 0.1) is 11.3 Å². The second-order valence-electron chi connectivity index (χ2n) is 6.56. The van der Waals surface area contributed by atoms with Crippen LogP contribution in [0.4, 0.5) is 4.39 Å². The Bertz CT molecular complexity index is 924. The van der Waals surface area contributed by atoms with Crippen LogP contribution in [-0.2, 0) is 11.2 Å². The smallest absolute Gasteiger partial charge is 0.233 e. The van der Waals surface area contributed by atoms with E-state index in [4.69, 9.17) is 0 Å². The number of carbonyl (C=O) groups excluding carboxylic acids is 1. The monoisotopic (exact) mass is 398 g/mol. The van der Waals surface area contributed by atoms with Crippen molar-refractivity contribution in [1.29, 1.82) is 0 Å². The fourth-order valence-electron chi connectivity index (χ4n) is 2.70. The summed E-state index contributed by atoms with van der Waals surface area (Å²) in [7, 11) is 0. The van der Waals surface area contributed by atoms with Gasteiger partial charge in [0.2, 0.25) is 11.1 Å². The molecule has 3 rings (SSSR count). The number of hydrogen-bond acceptors (Lipinski definition) is 4. The number of aryl methyl sites for hydroxylation is 1. The standard InChI is InChI=1S/C21H23FN4OS/c1-4-15-5-7-17(8-6-15)19-24-21(26-25-19)28-14(3)20(27)23-13(2)16-9-11-18(22)12-10-16/h5-14H,4H2,1-3H3,(H,23,27)(H,24,25,26)/t13-,14-/m1/s1. The minimum atomic E-state index is -0.367. The van der Waals surface area contributed by atoms with Gasteiger partial charge in [-0.1, -0.05) is 55.1 Å². The van der Waals surface area contributed by atoms with Crippen LogP contribution < -0.4 is 5.32 Å². The molecule has 5 nitrogen and oxygen atoms in total. The maximum absolute atomic E-state index is 13.0. The Kier molecular flexibility index (Phi) is 6.46. The van der Waals surface area contributed by atoms with Crippen molar-refractivity contribution in [1.82, 2.24) is 20.5 Å². The summed E-state index contributed by atoms with van der Waals surface area (Å²) in [6.07, 6.45) is 0.987. The van der Waals surface area contributed by atoms with Crippen molar-refractivity contribution < 1.29 is 9.18 Å². The van der Waals surface area contributed by atoms with Crippen molar-refractivity contribution in [3.05, 3.63) is 65.5 Å². The quantitative estimate of drug-likeness (QED) is 0.574. The molecule has 2 aromatic carbocycles. The Labute approximate surface area is 168 Å². The van der Waals surface area contributed by atoms with Gasteiger partial charge in [-0.15, -0.1) is 5.10 Å². The molecule has 28 heavy (non-hydrogen) atoms. The summed E-state index contributed by atoms with van der Waals surface area (Å²) in [6, 6.07) is 14.1. The van der Waals surface area contributed by atoms with Crippen LogP contribution in [0.1, 0.15) is 37.9 Å². The zero-order chi connectivity index (χ0) is 20.1. The van der Waals surface area contributed by atoms with E-state index in [1.165, 1.54) is 29.5 Å². The van der Waals surface area contributed by atoms with Gasteiger partial charge in [0.1, 0.15) is 5.82 Å². The SMILES string of the molecule is CCc1ccc(-c2nc(S[C@H](C)C(=O)N[C@H](C)c3ccc(F)cc3)n[nH]2)cc1. The molecule has 0 saturated heterocycles. The molecule has 0 radical (unpaired) electrons. The van der Waals surface area contributed by atoms with Crippen molar-refractivity contribution in [2.45, 2.75) is 43.6 Å². The van der Waals surface area contributed by atoms with Crippen molar-refractivity contribution >= 4 is 17.7 Å². The number of halogens is 1. The van der Waals surface area contributed by atoms with Gasteiger partial charge < -0.3 is 5.32 Å². The molecule has 0 fully saturated rings. The second-order valence-corrected chi connectivity index (χ2v) is 7.87. The maximum Gasteiger partial charge on any atom is 0.233 e. The van der Waals surface area contributed by atoms with Gasteiger partial charge in [-0.2, -0.15) is 0 Å². The molecule has 1 amide bonds. The Hall–Kier alpha value is -2.67.